The van der Waals surface area contributed by atoms with Crippen LogP contribution in [-0.4, -0.2) is 44.7 Å². The third-order valence-corrected chi connectivity index (χ3v) is 10.1. The fourth-order valence-electron chi connectivity index (χ4n) is 6.13. The Kier molecular flexibility index (Phi) is 31.4. The number of allylic oxidation sites excluding steroid dienone is 2. The van der Waals surface area contributed by atoms with Gasteiger partial charge in [-0.25, -0.2) is 4.79 Å². The van der Waals surface area contributed by atoms with E-state index in [-0.39, 0.29) is 12.8 Å². The first-order chi connectivity index (χ1) is 22.4. The number of nitrogens with zero attached hydrogens (tertiary/aromatic N) is 1. The number of carbonyl (C=O) groups is 3. The molecule has 0 saturated carbocycles. The maximum atomic E-state index is 13.1. The average molecular weight is 668 g/mol. The van der Waals surface area contributed by atoms with Crippen molar-refractivity contribution in [3.63, 3.8) is 0 Å². The number of carboxylic acid groups (broad SMARTS) is 1. The van der Waals surface area contributed by atoms with E-state index in [9.17, 15) is 24.6 Å². The molecule has 0 aliphatic carbocycles. The van der Waals surface area contributed by atoms with Crippen LogP contribution < -0.4 is 0 Å². The fourth-order valence-corrected chi connectivity index (χ4v) is 6.60. The molecule has 270 valence electrons. The van der Waals surface area contributed by atoms with Crippen molar-refractivity contribution in [2.75, 3.05) is 6.61 Å². The lowest BCUT2D eigenvalue weighted by Crippen LogP contribution is -2.60. The van der Waals surface area contributed by atoms with Crippen LogP contribution in [0, 0.1) is 0 Å². The van der Waals surface area contributed by atoms with Crippen molar-refractivity contribution in [1.29, 1.82) is 0 Å². The van der Waals surface area contributed by atoms with Gasteiger partial charge in [-0.15, -0.1) is 0 Å². The molecule has 2 N–H and O–H groups in total. The van der Waals surface area contributed by atoms with Gasteiger partial charge in [0.15, 0.2) is 5.78 Å². The molecule has 0 aromatic carbocycles. The molecule has 46 heavy (non-hydrogen) atoms. The molecule has 0 aromatic heterocycles. The molecule has 0 aromatic rings. The normalized spacial score (nSPS) is 12.9. The first-order valence-electron chi connectivity index (χ1n) is 19.5. The van der Waals surface area contributed by atoms with Crippen LogP contribution in [0.3, 0.4) is 0 Å². The van der Waals surface area contributed by atoms with Gasteiger partial charge in [-0.05, 0) is 47.9 Å². The van der Waals surface area contributed by atoms with E-state index >= 15 is 0 Å². The van der Waals surface area contributed by atoms with E-state index in [2.05, 4.69) is 35.4 Å². The minimum Gasteiger partial charge on any atom is -0.479 e. The second-order valence-electron chi connectivity index (χ2n) is 13.5. The zero-order chi connectivity index (χ0) is 34.1. The van der Waals surface area contributed by atoms with Crippen LogP contribution in [0.2, 0.25) is 0 Å². The molecule has 1 unspecified atom stereocenters. The molecule has 0 fully saturated rings. The lowest BCUT2D eigenvalue weighted by Gasteiger charge is -2.35. The summed E-state index contributed by atoms with van der Waals surface area (Å²) in [6.45, 7) is 3.59. The summed E-state index contributed by atoms with van der Waals surface area (Å²) in [5.74, 6) is -2.48. The molecule has 0 aliphatic heterocycles. The maximum absolute atomic E-state index is 13.1. The quantitative estimate of drug-likeness (QED) is 0.0303. The zero-order valence-electron chi connectivity index (χ0n) is 30.2. The summed E-state index contributed by atoms with van der Waals surface area (Å²) < 4.78 is 0.914. The van der Waals surface area contributed by atoms with Crippen LogP contribution in [0.15, 0.2) is 12.2 Å². The number of aliphatic hydroxyl groups is 1. The molecule has 2 atom stereocenters. The number of aliphatic hydroxyl groups excluding tert-OH is 1. The number of ketones is 1. The number of unbranched alkanes of at least 4 members (excludes halogenated alkanes) is 25. The molecular weight excluding hydrogens is 593 g/mol. The summed E-state index contributed by atoms with van der Waals surface area (Å²) in [7, 11) is 2.12. The van der Waals surface area contributed by atoms with Gasteiger partial charge in [0.1, 0.15) is 0 Å². The number of carboxylic acids is 1. The molecule has 0 heterocycles. The summed E-state index contributed by atoms with van der Waals surface area (Å²) in [5.41, 5.74) is -2.22. The van der Waals surface area contributed by atoms with Crippen molar-refractivity contribution >= 4 is 27.1 Å². The van der Waals surface area contributed by atoms with E-state index in [0.29, 0.717) is 12.8 Å². The Balaban J connectivity index is 4.11. The Hall–Kier alpha value is -1.26. The highest BCUT2D eigenvalue weighted by Gasteiger charge is 2.50. The summed E-state index contributed by atoms with van der Waals surface area (Å²) in [4.78, 5) is 38.2. The van der Waals surface area contributed by atoms with E-state index < -0.39 is 29.8 Å². The number of amides is 1. The van der Waals surface area contributed by atoms with Crippen LogP contribution in [0.25, 0.3) is 0 Å². The Morgan fingerprint density at radius 1 is 0.543 bits per heavy atom. The van der Waals surface area contributed by atoms with Crippen molar-refractivity contribution < 1.29 is 24.6 Å². The Labute approximate surface area is 286 Å². The average Bonchev–Trinajstić information content (AvgIpc) is 3.04. The van der Waals surface area contributed by atoms with Crippen molar-refractivity contribution in [2.24, 2.45) is 0 Å². The monoisotopic (exact) mass is 668 g/mol. The van der Waals surface area contributed by atoms with Gasteiger partial charge in [-0.1, -0.05) is 167 Å². The molecule has 0 rings (SSSR count). The SMILES string of the molecule is CCCCCCCC/C=C\CCCCCCCC(=O)N(P)[C@@](CO)(C(=O)O)C(=O)CCCCCCCCCCCCCCCCC. The van der Waals surface area contributed by atoms with E-state index in [1.54, 1.807) is 0 Å². The standard InChI is InChI=1S/C39H74NO5P/c1-3-5-7-9-11-13-15-17-19-21-23-25-27-29-31-33-36(42)39(35-41,38(44)45)40(46)37(43)34-32-30-28-26-24-22-20-18-16-14-12-10-8-6-4-2/h18,20,41H,3-17,19,21-35,46H2,1-2H3,(H,44,45)/b20-18-/t39-/m1/s1. The Morgan fingerprint density at radius 2 is 0.870 bits per heavy atom. The van der Waals surface area contributed by atoms with E-state index in [4.69, 9.17) is 0 Å². The second kappa shape index (κ2) is 32.3. The van der Waals surface area contributed by atoms with Gasteiger partial charge in [0.05, 0.1) is 6.61 Å². The van der Waals surface area contributed by atoms with Crippen molar-refractivity contribution in [3.8, 4) is 0 Å². The van der Waals surface area contributed by atoms with E-state index in [1.165, 1.54) is 116 Å². The first-order valence-corrected chi connectivity index (χ1v) is 20.0. The summed E-state index contributed by atoms with van der Waals surface area (Å²) in [6.07, 6.45) is 38.0. The number of Topliss-reactive ketones (excluding diaryl/α,β-unsaturated/α-hetero) is 1. The summed E-state index contributed by atoms with van der Waals surface area (Å²) in [6, 6.07) is 0. The summed E-state index contributed by atoms with van der Waals surface area (Å²) >= 11 is 0. The van der Waals surface area contributed by atoms with Crippen LogP contribution in [-0.2, 0) is 14.4 Å². The third kappa shape index (κ3) is 22.3. The van der Waals surface area contributed by atoms with Gasteiger partial charge in [0.25, 0.3) is 0 Å². The van der Waals surface area contributed by atoms with Crippen LogP contribution >= 0.6 is 9.39 Å². The molecule has 0 radical (unpaired) electrons. The van der Waals surface area contributed by atoms with E-state index in [1.807, 2.05) is 0 Å². The van der Waals surface area contributed by atoms with Gasteiger partial charge in [-0.3, -0.25) is 9.59 Å². The highest BCUT2D eigenvalue weighted by Crippen LogP contribution is 2.26. The predicted octanol–water partition coefficient (Wildman–Crippen LogP) is 11.3. The topological polar surface area (TPSA) is 94.9 Å². The van der Waals surface area contributed by atoms with Crippen molar-refractivity contribution in [1.82, 2.24) is 4.67 Å². The molecule has 0 saturated heterocycles. The Morgan fingerprint density at radius 3 is 1.22 bits per heavy atom. The number of rotatable bonds is 35. The zero-order valence-corrected chi connectivity index (χ0v) is 31.4. The maximum Gasteiger partial charge on any atom is 0.340 e. The lowest BCUT2D eigenvalue weighted by molar-refractivity contribution is -0.161. The molecule has 6 nitrogen and oxygen atoms in total. The molecule has 1 amide bonds. The van der Waals surface area contributed by atoms with Crippen LogP contribution in [0.1, 0.15) is 206 Å². The third-order valence-electron chi connectivity index (χ3n) is 9.38. The molecule has 0 bridgehead atoms. The van der Waals surface area contributed by atoms with E-state index in [0.717, 1.165) is 56.0 Å². The highest BCUT2D eigenvalue weighted by molar-refractivity contribution is 7.15. The first kappa shape index (κ1) is 44.7. The fraction of sp³-hybridized carbons (Fsp3) is 0.872. The lowest BCUT2D eigenvalue weighted by atomic mass is 9.90. The highest BCUT2D eigenvalue weighted by atomic mass is 31.0. The molecule has 0 spiro atoms. The van der Waals surface area contributed by atoms with Gasteiger partial charge >= 0.3 is 5.97 Å². The predicted molar refractivity (Wildman–Crippen MR) is 198 cm³/mol. The van der Waals surface area contributed by atoms with Crippen molar-refractivity contribution in [2.45, 2.75) is 212 Å². The van der Waals surface area contributed by atoms with Crippen molar-refractivity contribution in [3.05, 3.63) is 12.2 Å². The van der Waals surface area contributed by atoms with Gasteiger partial charge in [0.2, 0.25) is 11.4 Å². The number of hydrogen-bond donors (Lipinski definition) is 2. The van der Waals surface area contributed by atoms with Gasteiger partial charge < -0.3 is 14.9 Å². The van der Waals surface area contributed by atoms with Crippen LogP contribution in [0.4, 0.5) is 0 Å². The summed E-state index contributed by atoms with van der Waals surface area (Å²) in [5, 5.41) is 20.0. The smallest absolute Gasteiger partial charge is 0.340 e. The number of hydrogen-bond acceptors (Lipinski definition) is 4. The molecule has 7 heteroatoms. The number of carbonyl (C=O) groups excluding carboxylic acids is 2. The minimum absolute atomic E-state index is 0.0523. The molecular formula is C39H74NO5P. The minimum atomic E-state index is -2.22. The van der Waals surface area contributed by atoms with Gasteiger partial charge in [-0.2, -0.15) is 0 Å². The molecule has 0 aliphatic rings. The number of aliphatic carboxylic acids is 1. The Bertz CT molecular complexity index is 773. The second-order valence-corrected chi connectivity index (χ2v) is 14.1. The van der Waals surface area contributed by atoms with Crippen LogP contribution in [0.5, 0.6) is 0 Å². The van der Waals surface area contributed by atoms with Gasteiger partial charge in [0, 0.05) is 12.8 Å². The largest absolute Gasteiger partial charge is 0.479 e.